The maximum absolute atomic E-state index is 6.25. The second kappa shape index (κ2) is 4.46. The first-order chi connectivity index (χ1) is 8.79. The molecule has 4 heteroatoms. The Kier molecular flexibility index (Phi) is 2.80. The number of rotatable bonds is 2. The summed E-state index contributed by atoms with van der Waals surface area (Å²) in [4.78, 5) is 2.40. The highest BCUT2D eigenvalue weighted by molar-refractivity contribution is 5.50. The van der Waals surface area contributed by atoms with Gasteiger partial charge in [-0.1, -0.05) is 25.1 Å². The molecule has 0 saturated carbocycles. The van der Waals surface area contributed by atoms with Crippen LogP contribution in [0.2, 0.25) is 0 Å². The van der Waals surface area contributed by atoms with E-state index in [0.717, 1.165) is 43.3 Å². The fraction of sp³-hybridized carbons (Fsp3) is 0.357. The fourth-order valence-corrected chi connectivity index (χ4v) is 2.49. The summed E-state index contributed by atoms with van der Waals surface area (Å²) in [7, 11) is 0. The monoisotopic (exact) mass is 242 g/mol. The molecule has 0 spiro atoms. The average Bonchev–Trinajstić information content (AvgIpc) is 2.77. The van der Waals surface area contributed by atoms with E-state index in [-0.39, 0.29) is 0 Å². The van der Waals surface area contributed by atoms with Crippen LogP contribution in [0.1, 0.15) is 18.2 Å². The highest BCUT2D eigenvalue weighted by atomic mass is 15.3. The Labute approximate surface area is 107 Å². The molecule has 1 aromatic heterocycles. The Morgan fingerprint density at radius 1 is 1.28 bits per heavy atom. The molecule has 0 bridgehead atoms. The van der Waals surface area contributed by atoms with Gasteiger partial charge in [0.05, 0.1) is 11.4 Å². The number of nitrogen functional groups attached to an aromatic ring is 1. The van der Waals surface area contributed by atoms with Crippen LogP contribution in [0.15, 0.2) is 30.3 Å². The third-order valence-corrected chi connectivity index (χ3v) is 3.60. The minimum atomic E-state index is 0.786. The van der Waals surface area contributed by atoms with Crippen LogP contribution in [0.5, 0.6) is 0 Å². The van der Waals surface area contributed by atoms with Gasteiger partial charge in [0.25, 0.3) is 0 Å². The second-order valence-electron chi connectivity index (χ2n) is 4.68. The summed E-state index contributed by atoms with van der Waals surface area (Å²) in [6, 6.07) is 10.1. The summed E-state index contributed by atoms with van der Waals surface area (Å²) >= 11 is 0. The normalized spacial score (nSPS) is 15.6. The van der Waals surface area contributed by atoms with Crippen molar-refractivity contribution in [2.75, 3.05) is 18.8 Å². The van der Waals surface area contributed by atoms with Crippen LogP contribution in [0, 0.1) is 0 Å². The molecule has 1 aliphatic rings. The number of likely N-dealkylation sites (N-methyl/N-ethyl adjacent to an activating group) is 1. The van der Waals surface area contributed by atoms with E-state index in [9.17, 15) is 0 Å². The van der Waals surface area contributed by atoms with E-state index in [1.165, 1.54) is 5.56 Å². The average molecular weight is 242 g/mol. The number of fused-ring (bicyclic) bond motifs is 1. The zero-order valence-corrected chi connectivity index (χ0v) is 10.6. The number of nitrogens with two attached hydrogens (primary N) is 1. The van der Waals surface area contributed by atoms with E-state index in [0.29, 0.717) is 0 Å². The van der Waals surface area contributed by atoms with Crippen molar-refractivity contribution in [3.8, 4) is 5.69 Å². The first-order valence-corrected chi connectivity index (χ1v) is 6.43. The van der Waals surface area contributed by atoms with Crippen molar-refractivity contribution in [2.45, 2.75) is 19.9 Å². The van der Waals surface area contributed by atoms with Gasteiger partial charge in [-0.05, 0) is 18.7 Å². The smallest absolute Gasteiger partial charge is 0.132 e. The van der Waals surface area contributed by atoms with E-state index in [1.54, 1.807) is 0 Å². The lowest BCUT2D eigenvalue weighted by atomic mass is 10.1. The molecule has 0 amide bonds. The van der Waals surface area contributed by atoms with Crippen LogP contribution < -0.4 is 5.73 Å². The topological polar surface area (TPSA) is 47.1 Å². The first-order valence-electron chi connectivity index (χ1n) is 6.43. The summed E-state index contributed by atoms with van der Waals surface area (Å²) < 4.78 is 1.86. The summed E-state index contributed by atoms with van der Waals surface area (Å²) in [5.74, 6) is 0.786. The minimum absolute atomic E-state index is 0.786. The van der Waals surface area contributed by atoms with Crippen LogP contribution in [0.25, 0.3) is 5.69 Å². The van der Waals surface area contributed by atoms with Crippen molar-refractivity contribution in [3.63, 3.8) is 0 Å². The Morgan fingerprint density at radius 3 is 2.78 bits per heavy atom. The van der Waals surface area contributed by atoms with Crippen molar-refractivity contribution in [1.29, 1.82) is 0 Å². The maximum atomic E-state index is 6.25. The first kappa shape index (κ1) is 11.3. The maximum Gasteiger partial charge on any atom is 0.132 e. The van der Waals surface area contributed by atoms with Crippen molar-refractivity contribution in [1.82, 2.24) is 14.7 Å². The van der Waals surface area contributed by atoms with Gasteiger partial charge in [0, 0.05) is 25.1 Å². The van der Waals surface area contributed by atoms with Crippen LogP contribution in [0.4, 0.5) is 5.82 Å². The van der Waals surface area contributed by atoms with E-state index in [1.807, 2.05) is 35.0 Å². The third-order valence-electron chi connectivity index (χ3n) is 3.60. The SMILES string of the molecule is CCN1CCc2nn(-c3ccccc3)c(N)c2C1. The molecular weight excluding hydrogens is 224 g/mol. The summed E-state index contributed by atoms with van der Waals surface area (Å²) in [6.45, 7) is 5.25. The predicted octanol–water partition coefficient (Wildman–Crippen LogP) is 1.83. The Balaban J connectivity index is 2.02. The van der Waals surface area contributed by atoms with Gasteiger partial charge in [0.15, 0.2) is 0 Å². The summed E-state index contributed by atoms with van der Waals surface area (Å²) in [6.07, 6.45) is 0.993. The molecule has 1 aliphatic heterocycles. The zero-order chi connectivity index (χ0) is 12.5. The van der Waals surface area contributed by atoms with Gasteiger partial charge >= 0.3 is 0 Å². The standard InChI is InChI=1S/C14H18N4/c1-2-17-9-8-13-12(10-17)14(15)18(16-13)11-6-4-3-5-7-11/h3-7H,2,8-10,15H2,1H3. The van der Waals surface area contributed by atoms with Crippen molar-refractivity contribution >= 4 is 5.82 Å². The molecule has 4 nitrogen and oxygen atoms in total. The van der Waals surface area contributed by atoms with E-state index in [2.05, 4.69) is 16.9 Å². The van der Waals surface area contributed by atoms with Crippen molar-refractivity contribution in [2.24, 2.45) is 0 Å². The molecule has 3 rings (SSSR count). The van der Waals surface area contributed by atoms with Gasteiger partial charge in [0.2, 0.25) is 0 Å². The summed E-state index contributed by atoms with van der Waals surface area (Å²) in [5, 5.41) is 4.65. The molecule has 18 heavy (non-hydrogen) atoms. The molecule has 0 aliphatic carbocycles. The van der Waals surface area contributed by atoms with Crippen LogP contribution in [-0.4, -0.2) is 27.8 Å². The van der Waals surface area contributed by atoms with Gasteiger partial charge in [-0.2, -0.15) is 5.10 Å². The van der Waals surface area contributed by atoms with Crippen LogP contribution in [-0.2, 0) is 13.0 Å². The Bertz CT molecular complexity index is 544. The largest absolute Gasteiger partial charge is 0.383 e. The van der Waals surface area contributed by atoms with Gasteiger partial charge < -0.3 is 5.73 Å². The molecule has 0 fully saturated rings. The van der Waals surface area contributed by atoms with Gasteiger partial charge in [-0.25, -0.2) is 4.68 Å². The molecule has 94 valence electrons. The van der Waals surface area contributed by atoms with Gasteiger partial charge in [-0.15, -0.1) is 0 Å². The number of aromatic nitrogens is 2. The third kappa shape index (κ3) is 1.78. The highest BCUT2D eigenvalue weighted by Crippen LogP contribution is 2.26. The number of nitrogens with zero attached hydrogens (tertiary/aromatic N) is 3. The zero-order valence-electron chi connectivity index (χ0n) is 10.6. The molecule has 0 unspecified atom stereocenters. The highest BCUT2D eigenvalue weighted by Gasteiger charge is 2.22. The van der Waals surface area contributed by atoms with Gasteiger partial charge in [-0.3, -0.25) is 4.90 Å². The quantitative estimate of drug-likeness (QED) is 0.874. The fourth-order valence-electron chi connectivity index (χ4n) is 2.49. The van der Waals surface area contributed by atoms with Crippen LogP contribution in [0.3, 0.4) is 0 Å². The van der Waals surface area contributed by atoms with Crippen molar-refractivity contribution in [3.05, 3.63) is 41.6 Å². The Morgan fingerprint density at radius 2 is 2.06 bits per heavy atom. The molecule has 0 radical (unpaired) electrons. The molecule has 0 saturated heterocycles. The molecule has 2 N–H and O–H groups in total. The Hall–Kier alpha value is -1.81. The number of anilines is 1. The molecule has 0 atom stereocenters. The van der Waals surface area contributed by atoms with E-state index >= 15 is 0 Å². The van der Waals surface area contributed by atoms with Gasteiger partial charge in [0.1, 0.15) is 5.82 Å². The second-order valence-corrected chi connectivity index (χ2v) is 4.68. The van der Waals surface area contributed by atoms with Crippen LogP contribution >= 0.6 is 0 Å². The minimum Gasteiger partial charge on any atom is -0.383 e. The number of para-hydroxylation sites is 1. The van der Waals surface area contributed by atoms with Crippen molar-refractivity contribution < 1.29 is 0 Å². The number of benzene rings is 1. The molecule has 1 aromatic carbocycles. The molecular formula is C14H18N4. The lowest BCUT2D eigenvalue weighted by Gasteiger charge is -2.24. The lowest BCUT2D eigenvalue weighted by molar-refractivity contribution is 0.267. The van der Waals surface area contributed by atoms with E-state index < -0.39 is 0 Å². The summed E-state index contributed by atoms with van der Waals surface area (Å²) in [5.41, 5.74) is 9.64. The lowest BCUT2D eigenvalue weighted by Crippen LogP contribution is -2.30. The number of hydrogen-bond acceptors (Lipinski definition) is 3. The molecule has 2 aromatic rings. The number of hydrogen-bond donors (Lipinski definition) is 1. The predicted molar refractivity (Wildman–Crippen MR) is 72.6 cm³/mol. The molecule has 2 heterocycles. The van der Waals surface area contributed by atoms with E-state index in [4.69, 9.17) is 5.73 Å².